The van der Waals surface area contributed by atoms with Gasteiger partial charge in [0, 0.05) is 145 Å². The van der Waals surface area contributed by atoms with Crippen molar-refractivity contribution in [3.8, 4) is 79.0 Å². The van der Waals surface area contributed by atoms with Gasteiger partial charge in [-0.15, -0.1) is 0 Å². The molecule has 0 N–H and O–H groups in total. The summed E-state index contributed by atoms with van der Waals surface area (Å²) >= 11 is 0.263. The van der Waals surface area contributed by atoms with Gasteiger partial charge >= 0.3 is 151 Å². The molecule has 6 aliphatic rings. The number of aromatic nitrogens is 12. The molecule has 0 unspecified atom stereocenters. The predicted molar refractivity (Wildman–Crippen MR) is 625 cm³/mol. The SMILES string of the molecule is Cc1ccc2c(c1-c1cccc[n+]1C)C(C)(C)c1ncccc1[Si]2(C)C.Cc1ccc2c(c1-c1cccc[n+]1C)N(C)c1ncccc1C2(C)C.Cc1ccc2c(c1-c1cccc[n+]1C)N(C)c1ncccc1O2.Cc1ccc2c(c1-c1cccc[n+]1C)N(C)c1ncccc1[Si]2(C)C.Cc1ccc2c(c1-c1cccc[n+]1C)[Se]c1ncccc1[Si]2(C)C.Cc1ccc2c(c1-c1cccc[n+]1C)[Si](C)(C)c1ncccc1C2(C)C. The van der Waals surface area contributed by atoms with Crippen LogP contribution >= 0.6 is 0 Å². The van der Waals surface area contributed by atoms with Gasteiger partial charge in [0.1, 0.15) is 71.1 Å². The maximum absolute atomic E-state index is 6.09. The Balaban J connectivity index is 0.000000112. The van der Waals surface area contributed by atoms with Crippen molar-refractivity contribution in [2.75, 3.05) is 35.8 Å². The molecule has 18 aromatic rings. The first-order valence-corrected chi connectivity index (χ1v) is 65.6. The fourth-order valence-electron chi connectivity index (χ4n) is 24.1. The van der Waals surface area contributed by atoms with Crippen LogP contribution in [0.3, 0.4) is 0 Å². The van der Waals surface area contributed by atoms with Crippen molar-refractivity contribution in [1.82, 2.24) is 29.9 Å². The molecule has 0 radical (unpaired) electrons. The quantitative estimate of drug-likeness (QED) is 0.118. The van der Waals surface area contributed by atoms with E-state index in [0.29, 0.717) is 0 Å². The van der Waals surface area contributed by atoms with E-state index < -0.39 is 32.3 Å². The van der Waals surface area contributed by atoms with Crippen LogP contribution in [0, 0.1) is 41.5 Å². The van der Waals surface area contributed by atoms with Gasteiger partial charge in [-0.05, 0) is 183 Å². The molecule has 18 heterocycles. The summed E-state index contributed by atoms with van der Waals surface area (Å²) in [6.07, 6.45) is 24.2. The number of hydrogen-bond donors (Lipinski definition) is 0. The Hall–Kier alpha value is -14.3. The van der Waals surface area contributed by atoms with Gasteiger partial charge in [-0.3, -0.25) is 9.97 Å². The third kappa shape index (κ3) is 17.9. The zero-order valence-corrected chi connectivity index (χ0v) is 97.9. The molecule has 0 atom stereocenters. The summed E-state index contributed by atoms with van der Waals surface area (Å²) in [5.74, 6) is 4.64. The first-order chi connectivity index (χ1) is 71.0. The van der Waals surface area contributed by atoms with Crippen LogP contribution in [0.25, 0.3) is 67.5 Å². The Morgan fingerprint density at radius 3 is 1.19 bits per heavy atom. The Bertz CT molecular complexity index is 8010. The van der Waals surface area contributed by atoms with Crippen molar-refractivity contribution < 1.29 is 32.1 Å². The first kappa shape index (κ1) is 103. The van der Waals surface area contributed by atoms with E-state index >= 15 is 0 Å². The number of pyridine rings is 12. The van der Waals surface area contributed by atoms with E-state index in [1.54, 1.807) is 26.2 Å². The third-order valence-corrected chi connectivity index (χ3v) is 49.5. The average molecular weight is 2100 g/mol. The summed E-state index contributed by atoms with van der Waals surface area (Å²) in [5.41, 5.74) is 35.0. The molecule has 24 rings (SSSR count). The summed E-state index contributed by atoms with van der Waals surface area (Å²) in [5, 5.41) is 11.9. The Kier molecular flexibility index (Phi) is 27.7. The summed E-state index contributed by atoms with van der Waals surface area (Å²) in [4.78, 5) is 35.1. The van der Waals surface area contributed by atoms with Crippen molar-refractivity contribution in [2.24, 2.45) is 42.3 Å². The number of anilines is 6. The Labute approximate surface area is 892 Å². The minimum Gasteiger partial charge on any atom is -0.265 e. The number of nitrogens with zero attached hydrogens (tertiary/aromatic N) is 15. The van der Waals surface area contributed by atoms with Gasteiger partial charge in [0.15, 0.2) is 48.3 Å². The zero-order chi connectivity index (χ0) is 106. The van der Waals surface area contributed by atoms with Gasteiger partial charge in [-0.25, -0.2) is 37.8 Å². The smallest absolute Gasteiger partial charge is 0.212 e. The fourth-order valence-corrected chi connectivity index (χ4v) is 42.7. The summed E-state index contributed by atoms with van der Waals surface area (Å²) in [6, 6.07) is 91.3. The monoisotopic (exact) mass is 2100 g/mol. The maximum Gasteiger partial charge on any atom is 0.212 e. The van der Waals surface area contributed by atoms with Crippen LogP contribution in [0.1, 0.15) is 108 Å². The minimum atomic E-state index is -1.93. The van der Waals surface area contributed by atoms with Crippen LogP contribution in [0.4, 0.5) is 34.5 Å². The maximum atomic E-state index is 6.09. The van der Waals surface area contributed by atoms with Gasteiger partial charge in [0.2, 0.25) is 28.5 Å². The number of ether oxygens (including phenoxy) is 1. The van der Waals surface area contributed by atoms with E-state index in [0.717, 1.165) is 40.3 Å². The van der Waals surface area contributed by atoms with Crippen molar-refractivity contribution >= 4 is 132 Å². The van der Waals surface area contributed by atoms with Crippen molar-refractivity contribution in [1.29, 1.82) is 0 Å². The molecular formula is C128H141N15OSeSi4+6. The summed E-state index contributed by atoms with van der Waals surface area (Å²) < 4.78 is 22.2. The third-order valence-electron chi connectivity index (χ3n) is 32.4. The van der Waals surface area contributed by atoms with Gasteiger partial charge in [0.25, 0.3) is 0 Å². The van der Waals surface area contributed by atoms with Crippen molar-refractivity contribution in [3.63, 3.8) is 0 Å². The van der Waals surface area contributed by atoms with Gasteiger partial charge in [0.05, 0.1) is 45.0 Å². The largest absolute Gasteiger partial charge is 0.265 e. The van der Waals surface area contributed by atoms with Crippen LogP contribution in [-0.2, 0) is 58.5 Å². The van der Waals surface area contributed by atoms with Crippen molar-refractivity contribution in [3.05, 3.63) is 396 Å². The topological polar surface area (TPSA) is 120 Å². The second-order valence-corrected chi connectivity index (χ2v) is 63.9. The standard InChI is InChI=1S/2C23H27N2Si.C22H24N3.C21H24N3Si.C20H21N2SeSi.C19H18N3O/c1-16-12-13-17-21(20(16)19-11-7-8-15-25(19)4)26(5,6)22-18(23(17,2)3)10-9-14-24-22;1-16-12-13-18-21(20(16)17-10-7-8-15-25(17)4)23(2,3)22-19(26(18,5)6)11-9-14-24-22;1-15-11-12-16-20(19(15)18-10-6-7-14-24(18)4)25(5)21-17(22(16,2)3)9-8-13-23-21;1-15-11-12-17-20(19(15)16-9-6-7-14-23(16)2)24(3)21-18(25(17,4)5)10-8-13-22-21;1-14-10-11-16-19(18(14)15-8-5-6-13-22(15)2)23-20-17(24(16,3)4)9-7-12-21-20;1-13-9-10-15-18(17(13)14-7-4-5-12-21(14)2)22(3)19-16(23-15)8-6-11-20-19/h2*7-15H,1-6H3;2*6-14H,1-5H3;5-13H,1-4H3;4-12H,1-3H3/q6*+1. The molecule has 0 amide bonds. The van der Waals surface area contributed by atoms with E-state index in [2.05, 4.69) is 501 Å². The number of fused-ring (bicyclic) bond motifs is 12. The van der Waals surface area contributed by atoms with E-state index in [4.69, 9.17) is 29.7 Å². The molecule has 750 valence electrons. The fraction of sp³-hybridized carbons (Fsp3) is 0.250. The van der Waals surface area contributed by atoms with E-state index in [-0.39, 0.29) is 31.2 Å². The molecule has 0 saturated carbocycles. The van der Waals surface area contributed by atoms with E-state index in [1.807, 2.05) is 68.4 Å². The van der Waals surface area contributed by atoms with Crippen LogP contribution in [0.2, 0.25) is 52.4 Å². The normalized spacial score (nSPS) is 15.1. The Morgan fingerprint density at radius 1 is 0.268 bits per heavy atom. The van der Waals surface area contributed by atoms with Crippen LogP contribution < -0.4 is 97.5 Å². The molecule has 16 nitrogen and oxygen atoms in total. The first-order valence-electron chi connectivity index (χ1n) is 51.9. The van der Waals surface area contributed by atoms with Gasteiger partial charge in [-0.1, -0.05) is 160 Å². The molecule has 0 fully saturated rings. The minimum absolute atomic E-state index is 0.0305. The molecule has 0 spiro atoms. The van der Waals surface area contributed by atoms with Crippen molar-refractivity contribution in [2.45, 2.75) is 152 Å². The second kappa shape index (κ2) is 40.0. The van der Waals surface area contributed by atoms with Gasteiger partial charge in [-0.2, -0.15) is 0 Å². The molecule has 149 heavy (non-hydrogen) atoms. The molecule has 6 aliphatic heterocycles. The molecule has 0 bridgehead atoms. The van der Waals surface area contributed by atoms with Crippen LogP contribution in [0.15, 0.2) is 329 Å². The number of benzene rings is 6. The predicted octanol–water partition coefficient (Wildman–Crippen LogP) is 18.2. The molecule has 12 aromatic heterocycles. The number of aryl methyl sites for hydroxylation is 12. The second-order valence-electron chi connectivity index (χ2n) is 44.6. The molecular weight excluding hydrogens is 1950 g/mol. The number of rotatable bonds is 6. The van der Waals surface area contributed by atoms with Crippen LogP contribution in [0.5, 0.6) is 11.5 Å². The zero-order valence-electron chi connectivity index (χ0n) is 92.2. The van der Waals surface area contributed by atoms with E-state index in [1.165, 1.54) is 171 Å². The molecule has 0 aliphatic carbocycles. The molecule has 21 heteroatoms. The molecule has 6 aromatic carbocycles. The average Bonchev–Trinajstić information content (AvgIpc) is 0.725. The van der Waals surface area contributed by atoms with Crippen LogP contribution in [-0.4, -0.2) is 98.3 Å². The Morgan fingerprint density at radius 2 is 0.638 bits per heavy atom. The number of hydrogen-bond acceptors (Lipinski definition) is 10. The summed E-state index contributed by atoms with van der Waals surface area (Å²) in [6.45, 7) is 46.9. The van der Waals surface area contributed by atoms with Gasteiger partial charge < -0.3 is 19.4 Å². The van der Waals surface area contributed by atoms with E-state index in [9.17, 15) is 0 Å². The summed E-state index contributed by atoms with van der Waals surface area (Å²) in [7, 11) is 11.8. The molecule has 0 saturated heterocycles.